The monoisotopic (exact) mass is 361 g/mol. The summed E-state index contributed by atoms with van der Waals surface area (Å²) in [7, 11) is 3.13. The molecule has 0 spiro atoms. The van der Waals surface area contributed by atoms with Crippen LogP contribution in [-0.2, 0) is 6.54 Å². The highest BCUT2D eigenvalue weighted by Crippen LogP contribution is 2.34. The number of methoxy groups -OCH3 is 2. The average molecular weight is 361 g/mol. The normalized spacial score (nSPS) is 12.8. The molecule has 0 saturated carbocycles. The van der Waals surface area contributed by atoms with Gasteiger partial charge in [0.25, 0.3) is 11.8 Å². The highest BCUT2D eigenvalue weighted by atomic mass is 16.5. The number of amides is 1. The van der Waals surface area contributed by atoms with Crippen LogP contribution in [0.1, 0.15) is 15.9 Å². The van der Waals surface area contributed by atoms with Crippen LogP contribution in [0.5, 0.6) is 11.6 Å². The molecule has 2 heterocycles. The van der Waals surface area contributed by atoms with Crippen LogP contribution in [0.2, 0.25) is 0 Å². The number of ether oxygens (including phenoxy) is 2. The fourth-order valence-electron chi connectivity index (χ4n) is 3.29. The van der Waals surface area contributed by atoms with Gasteiger partial charge in [-0.25, -0.2) is 4.98 Å². The molecule has 0 aliphatic carbocycles. The molecule has 6 nitrogen and oxygen atoms in total. The van der Waals surface area contributed by atoms with Crippen molar-refractivity contribution in [3.05, 3.63) is 65.9 Å². The third kappa shape index (κ3) is 2.95. The van der Waals surface area contributed by atoms with Crippen LogP contribution in [0.15, 0.2) is 54.7 Å². The van der Waals surface area contributed by atoms with Crippen molar-refractivity contribution in [2.75, 3.05) is 24.9 Å². The lowest BCUT2D eigenvalue weighted by Crippen LogP contribution is -2.22. The van der Waals surface area contributed by atoms with Gasteiger partial charge >= 0.3 is 0 Å². The van der Waals surface area contributed by atoms with Crippen LogP contribution >= 0.6 is 0 Å². The number of anilines is 2. The molecule has 0 saturated heterocycles. The van der Waals surface area contributed by atoms with Gasteiger partial charge in [0.1, 0.15) is 0 Å². The fourth-order valence-corrected chi connectivity index (χ4v) is 3.29. The molecule has 1 aliphatic rings. The van der Waals surface area contributed by atoms with E-state index in [-0.39, 0.29) is 5.91 Å². The number of benzene rings is 2. The van der Waals surface area contributed by atoms with Gasteiger partial charge in [-0.3, -0.25) is 4.79 Å². The quantitative estimate of drug-likeness (QED) is 0.720. The summed E-state index contributed by atoms with van der Waals surface area (Å²) in [5.74, 6) is 0.978. The summed E-state index contributed by atoms with van der Waals surface area (Å²) in [5, 5.41) is 0. The smallest absolute Gasteiger partial charge is 0.258 e. The number of carbonyl (C=O) groups excluding carboxylic acids is 1. The number of rotatable bonds is 4. The lowest BCUT2D eigenvalue weighted by Gasteiger charge is -2.15. The zero-order chi connectivity index (χ0) is 19.0. The van der Waals surface area contributed by atoms with Gasteiger partial charge in [-0.1, -0.05) is 12.1 Å². The van der Waals surface area contributed by atoms with Gasteiger partial charge < -0.3 is 20.1 Å². The van der Waals surface area contributed by atoms with E-state index < -0.39 is 0 Å². The standard InChI is InChI=1S/C21H19N3O3/c1-26-19-9-14(11-23-20(19)27-2)13-6-7-18-15(8-13)12-24(21(18)25)17-5-3-4-16(22)10-17/h3-11H,12,22H2,1-2H3. The summed E-state index contributed by atoms with van der Waals surface area (Å²) in [4.78, 5) is 18.8. The van der Waals surface area contributed by atoms with E-state index in [1.165, 1.54) is 0 Å². The first-order valence-electron chi connectivity index (χ1n) is 8.49. The molecule has 0 unspecified atom stereocenters. The molecule has 0 atom stereocenters. The molecule has 0 fully saturated rings. The Balaban J connectivity index is 1.69. The minimum atomic E-state index is -0.0208. The molecule has 136 valence electrons. The summed E-state index contributed by atoms with van der Waals surface area (Å²) in [6.45, 7) is 0.506. The number of nitrogens with two attached hydrogens (primary N) is 1. The highest BCUT2D eigenvalue weighted by Gasteiger charge is 2.28. The van der Waals surface area contributed by atoms with E-state index in [1.54, 1.807) is 31.4 Å². The molecule has 6 heteroatoms. The van der Waals surface area contributed by atoms with Crippen molar-refractivity contribution in [1.82, 2.24) is 4.98 Å². The van der Waals surface area contributed by atoms with E-state index in [9.17, 15) is 4.79 Å². The average Bonchev–Trinajstić information content (AvgIpc) is 3.03. The van der Waals surface area contributed by atoms with E-state index >= 15 is 0 Å². The number of pyridine rings is 1. The Kier molecular flexibility index (Phi) is 4.16. The van der Waals surface area contributed by atoms with Crippen LogP contribution in [0.25, 0.3) is 11.1 Å². The Labute approximate surface area is 157 Å². The van der Waals surface area contributed by atoms with Gasteiger partial charge in [-0.2, -0.15) is 0 Å². The maximum atomic E-state index is 12.8. The molecule has 2 aromatic carbocycles. The van der Waals surface area contributed by atoms with E-state index in [0.29, 0.717) is 29.4 Å². The van der Waals surface area contributed by atoms with Gasteiger partial charge in [-0.05, 0) is 47.5 Å². The Morgan fingerprint density at radius 2 is 1.89 bits per heavy atom. The van der Waals surface area contributed by atoms with Crippen LogP contribution < -0.4 is 20.1 Å². The first kappa shape index (κ1) is 16.9. The summed E-state index contributed by atoms with van der Waals surface area (Å²) >= 11 is 0. The van der Waals surface area contributed by atoms with Gasteiger partial charge in [0, 0.05) is 28.7 Å². The minimum absolute atomic E-state index is 0.0208. The Hall–Kier alpha value is -3.54. The molecule has 1 aromatic heterocycles. The SMILES string of the molecule is COc1cc(-c2ccc3c(c2)CN(c2cccc(N)c2)C3=O)cnc1OC. The molecule has 0 radical (unpaired) electrons. The van der Waals surface area contributed by atoms with E-state index in [0.717, 1.165) is 22.4 Å². The first-order chi connectivity index (χ1) is 13.1. The molecule has 3 aromatic rings. The molecule has 2 N–H and O–H groups in total. The second-order valence-electron chi connectivity index (χ2n) is 6.29. The van der Waals surface area contributed by atoms with Crippen molar-refractivity contribution in [2.45, 2.75) is 6.54 Å². The number of carbonyl (C=O) groups is 1. The number of nitrogens with zero attached hydrogens (tertiary/aromatic N) is 2. The second-order valence-corrected chi connectivity index (χ2v) is 6.29. The maximum absolute atomic E-state index is 12.8. The first-order valence-corrected chi connectivity index (χ1v) is 8.49. The zero-order valence-electron chi connectivity index (χ0n) is 15.1. The van der Waals surface area contributed by atoms with Gasteiger partial charge in [-0.15, -0.1) is 0 Å². The highest BCUT2D eigenvalue weighted by molar-refractivity contribution is 6.10. The van der Waals surface area contributed by atoms with Crippen LogP contribution in [0.4, 0.5) is 11.4 Å². The van der Waals surface area contributed by atoms with Gasteiger partial charge in [0.15, 0.2) is 5.75 Å². The topological polar surface area (TPSA) is 77.7 Å². The van der Waals surface area contributed by atoms with Crippen molar-refractivity contribution in [2.24, 2.45) is 0 Å². The fraction of sp³-hybridized carbons (Fsp3) is 0.143. The Bertz CT molecular complexity index is 1030. The van der Waals surface area contributed by atoms with E-state index in [1.807, 2.05) is 42.5 Å². The summed E-state index contributed by atoms with van der Waals surface area (Å²) in [6, 6.07) is 15.0. The molecule has 1 aliphatic heterocycles. The van der Waals surface area contributed by atoms with Gasteiger partial charge in [0.05, 0.1) is 20.8 Å². The van der Waals surface area contributed by atoms with Crippen molar-refractivity contribution >= 4 is 17.3 Å². The number of fused-ring (bicyclic) bond motifs is 1. The predicted molar refractivity (Wildman–Crippen MR) is 104 cm³/mol. The molecule has 27 heavy (non-hydrogen) atoms. The maximum Gasteiger partial charge on any atom is 0.258 e. The van der Waals surface area contributed by atoms with Crippen molar-refractivity contribution < 1.29 is 14.3 Å². The van der Waals surface area contributed by atoms with Crippen LogP contribution in [0, 0.1) is 0 Å². The summed E-state index contributed by atoms with van der Waals surface area (Å²) in [5.41, 5.74) is 10.8. The Morgan fingerprint density at radius 1 is 1.04 bits per heavy atom. The third-order valence-corrected chi connectivity index (χ3v) is 4.66. The largest absolute Gasteiger partial charge is 0.491 e. The minimum Gasteiger partial charge on any atom is -0.491 e. The number of nitrogen functional groups attached to an aromatic ring is 1. The molecule has 1 amide bonds. The number of hydrogen-bond donors (Lipinski definition) is 1. The summed E-state index contributed by atoms with van der Waals surface area (Å²) < 4.78 is 10.5. The van der Waals surface area contributed by atoms with E-state index in [4.69, 9.17) is 15.2 Å². The molecular formula is C21H19N3O3. The lowest BCUT2D eigenvalue weighted by atomic mass is 10.0. The summed E-state index contributed by atoms with van der Waals surface area (Å²) in [6.07, 6.45) is 1.73. The number of aromatic nitrogens is 1. The third-order valence-electron chi connectivity index (χ3n) is 4.66. The Morgan fingerprint density at radius 3 is 2.63 bits per heavy atom. The van der Waals surface area contributed by atoms with Crippen molar-refractivity contribution in [1.29, 1.82) is 0 Å². The predicted octanol–water partition coefficient (Wildman–Crippen LogP) is 3.51. The van der Waals surface area contributed by atoms with Crippen LogP contribution in [0.3, 0.4) is 0 Å². The lowest BCUT2D eigenvalue weighted by molar-refractivity contribution is 0.0996. The zero-order valence-corrected chi connectivity index (χ0v) is 15.1. The molecular weight excluding hydrogens is 342 g/mol. The van der Waals surface area contributed by atoms with Gasteiger partial charge in [0.2, 0.25) is 0 Å². The van der Waals surface area contributed by atoms with E-state index in [2.05, 4.69) is 4.98 Å². The van der Waals surface area contributed by atoms with Crippen molar-refractivity contribution in [3.8, 4) is 22.8 Å². The molecule has 0 bridgehead atoms. The van der Waals surface area contributed by atoms with Crippen molar-refractivity contribution in [3.63, 3.8) is 0 Å². The second kappa shape index (κ2) is 6.64. The number of hydrogen-bond acceptors (Lipinski definition) is 5. The van der Waals surface area contributed by atoms with Crippen LogP contribution in [-0.4, -0.2) is 25.1 Å². The molecule has 4 rings (SSSR count).